The molecule has 0 saturated heterocycles. The summed E-state index contributed by atoms with van der Waals surface area (Å²) in [4.78, 5) is 24.0. The molecule has 0 aromatic heterocycles. The van der Waals surface area contributed by atoms with E-state index in [9.17, 15) is 24.0 Å². The Kier molecular flexibility index (Phi) is 6.85. The first-order valence-corrected chi connectivity index (χ1v) is 9.00. The molecule has 2 aromatic rings. The molecule has 1 amide bonds. The van der Waals surface area contributed by atoms with Gasteiger partial charge in [0.1, 0.15) is 6.04 Å². The van der Waals surface area contributed by atoms with E-state index in [-0.39, 0.29) is 12.2 Å². The highest BCUT2D eigenvalue weighted by Crippen LogP contribution is 2.13. The first-order chi connectivity index (χ1) is 12.0. The van der Waals surface area contributed by atoms with Gasteiger partial charge in [0.25, 0.3) is 5.91 Å². The molecule has 3 atom stereocenters. The molecule has 0 spiro atoms. The number of carboxylic acid groups (broad SMARTS) is 1. The van der Waals surface area contributed by atoms with E-state index in [1.165, 1.54) is 0 Å². The van der Waals surface area contributed by atoms with Crippen molar-refractivity contribution in [3.05, 3.63) is 66.2 Å². The molecule has 0 aliphatic heterocycles. The van der Waals surface area contributed by atoms with Crippen LogP contribution in [0.3, 0.4) is 0 Å². The first-order valence-electron chi connectivity index (χ1n) is 7.68. The van der Waals surface area contributed by atoms with Gasteiger partial charge in [0.05, 0.1) is 10.8 Å². The van der Waals surface area contributed by atoms with Crippen LogP contribution in [0.5, 0.6) is 0 Å². The lowest BCUT2D eigenvalue weighted by Gasteiger charge is -2.17. The number of hydrogen-bond donors (Lipinski definition) is 3. The third-order valence-electron chi connectivity index (χ3n) is 3.58. The van der Waals surface area contributed by atoms with Crippen molar-refractivity contribution in [2.45, 2.75) is 23.5 Å². The molecule has 0 saturated carbocycles. The standard InChI is InChI=1S/C18H19NO5S/c20-16(13-7-3-1-4-8-13)17(21)19-15(18(22)23)11-12-25(24)14-9-5-2-6-10-14/h1-10,15-16,20H,11-12H2,(H,19,21)(H,22,23)/t15-,16+,25-/m1/s1. The second-order valence-corrected chi connectivity index (χ2v) is 6.93. The number of hydrogen-bond acceptors (Lipinski definition) is 4. The van der Waals surface area contributed by atoms with Crippen LogP contribution >= 0.6 is 0 Å². The average molecular weight is 361 g/mol. The fraction of sp³-hybridized carbons (Fsp3) is 0.222. The molecule has 0 unspecified atom stereocenters. The zero-order chi connectivity index (χ0) is 18.2. The molecule has 6 nitrogen and oxygen atoms in total. The van der Waals surface area contributed by atoms with Gasteiger partial charge in [-0.25, -0.2) is 4.79 Å². The van der Waals surface area contributed by atoms with Gasteiger partial charge < -0.3 is 15.5 Å². The van der Waals surface area contributed by atoms with E-state index in [2.05, 4.69) is 5.32 Å². The third kappa shape index (κ3) is 5.51. The number of aliphatic hydroxyl groups excluding tert-OH is 1. The zero-order valence-corrected chi connectivity index (χ0v) is 14.2. The van der Waals surface area contributed by atoms with Crippen LogP contribution in [0.4, 0.5) is 0 Å². The second kappa shape index (κ2) is 9.10. The Morgan fingerprint density at radius 3 is 2.12 bits per heavy atom. The highest BCUT2D eigenvalue weighted by Gasteiger charge is 2.25. The fourth-order valence-electron chi connectivity index (χ4n) is 2.21. The van der Waals surface area contributed by atoms with Gasteiger partial charge in [0.15, 0.2) is 6.10 Å². The van der Waals surface area contributed by atoms with Crippen molar-refractivity contribution in [2.75, 3.05) is 5.75 Å². The summed E-state index contributed by atoms with van der Waals surface area (Å²) in [7, 11) is -1.36. The highest BCUT2D eigenvalue weighted by atomic mass is 32.2. The Morgan fingerprint density at radius 2 is 1.56 bits per heavy atom. The topological polar surface area (TPSA) is 104 Å². The first kappa shape index (κ1) is 18.8. The van der Waals surface area contributed by atoms with Crippen molar-refractivity contribution in [3.8, 4) is 0 Å². The number of benzene rings is 2. The number of aliphatic carboxylic acids is 1. The number of rotatable bonds is 8. The number of carbonyl (C=O) groups is 2. The zero-order valence-electron chi connectivity index (χ0n) is 13.4. The van der Waals surface area contributed by atoms with Crippen molar-refractivity contribution < 1.29 is 24.0 Å². The maximum atomic E-state index is 12.2. The molecular formula is C18H19NO5S. The molecule has 2 rings (SSSR count). The van der Waals surface area contributed by atoms with Crippen LogP contribution in [0.15, 0.2) is 65.6 Å². The van der Waals surface area contributed by atoms with Gasteiger partial charge in [0, 0.05) is 10.6 Å². The van der Waals surface area contributed by atoms with Crippen molar-refractivity contribution >= 4 is 22.7 Å². The summed E-state index contributed by atoms with van der Waals surface area (Å²) in [5, 5.41) is 21.6. The molecule has 7 heteroatoms. The number of carboxylic acids is 1. The quantitative estimate of drug-likeness (QED) is 0.661. The minimum absolute atomic E-state index is 0.00983. The Labute approximate surface area is 148 Å². The van der Waals surface area contributed by atoms with Crippen molar-refractivity contribution in [3.63, 3.8) is 0 Å². The molecule has 0 aliphatic carbocycles. The SMILES string of the molecule is O=C(N[C@H](CC[S@@](=O)c1ccccc1)C(=O)O)[C@@H](O)c1ccccc1. The van der Waals surface area contributed by atoms with Gasteiger partial charge in [-0.3, -0.25) is 9.00 Å². The Hall–Kier alpha value is -2.51. The summed E-state index contributed by atoms with van der Waals surface area (Å²) >= 11 is 0. The molecule has 0 fully saturated rings. The van der Waals surface area contributed by atoms with Crippen LogP contribution < -0.4 is 5.32 Å². The minimum atomic E-state index is -1.46. The summed E-state index contributed by atoms with van der Waals surface area (Å²) in [5.74, 6) is -1.95. The summed E-state index contributed by atoms with van der Waals surface area (Å²) in [6.07, 6.45) is -1.47. The lowest BCUT2D eigenvalue weighted by atomic mass is 10.1. The van der Waals surface area contributed by atoms with E-state index in [0.717, 1.165) is 0 Å². The second-order valence-electron chi connectivity index (χ2n) is 5.36. The van der Waals surface area contributed by atoms with Gasteiger partial charge in [-0.05, 0) is 24.1 Å². The third-order valence-corrected chi connectivity index (χ3v) is 4.98. The maximum absolute atomic E-state index is 12.2. The van der Waals surface area contributed by atoms with Crippen molar-refractivity contribution in [1.82, 2.24) is 5.32 Å². The molecule has 0 bridgehead atoms. The van der Waals surface area contributed by atoms with Gasteiger partial charge >= 0.3 is 5.97 Å². The van der Waals surface area contributed by atoms with Crippen LogP contribution in [0, 0.1) is 0 Å². The van der Waals surface area contributed by atoms with E-state index in [0.29, 0.717) is 10.5 Å². The smallest absolute Gasteiger partial charge is 0.326 e. The fourth-order valence-corrected chi connectivity index (χ4v) is 3.36. The number of amides is 1. The summed E-state index contributed by atoms with van der Waals surface area (Å²) < 4.78 is 12.2. The lowest BCUT2D eigenvalue weighted by molar-refractivity contribution is -0.143. The largest absolute Gasteiger partial charge is 0.480 e. The van der Waals surface area contributed by atoms with Crippen molar-refractivity contribution in [1.29, 1.82) is 0 Å². The summed E-state index contributed by atoms with van der Waals surface area (Å²) in [6.45, 7) is 0. The molecule has 3 N–H and O–H groups in total. The normalized spacial score (nSPS) is 14.3. The van der Waals surface area contributed by atoms with E-state index in [1.807, 2.05) is 0 Å². The van der Waals surface area contributed by atoms with Gasteiger partial charge in [-0.1, -0.05) is 48.5 Å². The van der Waals surface area contributed by atoms with Crippen LogP contribution in [0.25, 0.3) is 0 Å². The highest BCUT2D eigenvalue weighted by molar-refractivity contribution is 7.85. The molecule has 25 heavy (non-hydrogen) atoms. The van der Waals surface area contributed by atoms with E-state index < -0.39 is 34.8 Å². The van der Waals surface area contributed by atoms with Crippen molar-refractivity contribution in [2.24, 2.45) is 0 Å². The molecule has 2 aromatic carbocycles. The van der Waals surface area contributed by atoms with E-state index >= 15 is 0 Å². The van der Waals surface area contributed by atoms with Gasteiger partial charge in [-0.2, -0.15) is 0 Å². The summed E-state index contributed by atoms with van der Waals surface area (Å²) in [6, 6.07) is 15.7. The molecule has 0 heterocycles. The number of carbonyl (C=O) groups excluding carboxylic acids is 1. The van der Waals surface area contributed by atoms with E-state index in [1.54, 1.807) is 60.7 Å². The monoisotopic (exact) mass is 361 g/mol. The van der Waals surface area contributed by atoms with Gasteiger partial charge in [0.2, 0.25) is 0 Å². The minimum Gasteiger partial charge on any atom is -0.480 e. The predicted octanol–water partition coefficient (Wildman–Crippen LogP) is 1.49. The average Bonchev–Trinajstić information content (AvgIpc) is 2.65. The summed E-state index contributed by atoms with van der Waals surface area (Å²) in [5.41, 5.74) is 0.372. The molecule has 0 radical (unpaired) electrons. The maximum Gasteiger partial charge on any atom is 0.326 e. The van der Waals surface area contributed by atoms with E-state index in [4.69, 9.17) is 0 Å². The molecule has 0 aliphatic rings. The Bertz CT molecular complexity index is 736. The number of nitrogens with one attached hydrogen (secondary N) is 1. The van der Waals surface area contributed by atoms with Crippen LogP contribution in [0.1, 0.15) is 18.1 Å². The molecular weight excluding hydrogens is 342 g/mol. The molecule has 132 valence electrons. The van der Waals surface area contributed by atoms with Crippen LogP contribution in [0.2, 0.25) is 0 Å². The predicted molar refractivity (Wildman–Crippen MR) is 93.3 cm³/mol. The van der Waals surface area contributed by atoms with Crippen LogP contribution in [-0.4, -0.2) is 38.1 Å². The van der Waals surface area contributed by atoms with Crippen LogP contribution in [-0.2, 0) is 20.4 Å². The Morgan fingerprint density at radius 1 is 1.00 bits per heavy atom. The lowest BCUT2D eigenvalue weighted by Crippen LogP contribution is -2.43. The number of aliphatic hydroxyl groups is 1. The Balaban J connectivity index is 1.95. The van der Waals surface area contributed by atoms with Gasteiger partial charge in [-0.15, -0.1) is 0 Å².